The van der Waals surface area contributed by atoms with E-state index in [9.17, 15) is 14.4 Å². The summed E-state index contributed by atoms with van der Waals surface area (Å²) >= 11 is 1.36. The predicted octanol–water partition coefficient (Wildman–Crippen LogP) is 2.56. The SMILES string of the molecule is CCOc1ncccc1C(=O)OCC(=O)Nc1sc2c(c1C(N)=O)CCC(C)C2. The van der Waals surface area contributed by atoms with Gasteiger partial charge in [-0.15, -0.1) is 11.3 Å². The normalized spacial score (nSPS) is 15.3. The Morgan fingerprint density at radius 1 is 1.38 bits per heavy atom. The van der Waals surface area contributed by atoms with E-state index in [1.165, 1.54) is 23.6 Å². The van der Waals surface area contributed by atoms with Crippen molar-refractivity contribution >= 4 is 34.1 Å². The van der Waals surface area contributed by atoms with Crippen molar-refractivity contribution in [1.82, 2.24) is 4.98 Å². The minimum absolute atomic E-state index is 0.139. The second-order valence-corrected chi connectivity index (χ2v) is 7.94. The van der Waals surface area contributed by atoms with Crippen LogP contribution in [0, 0.1) is 5.92 Å². The molecule has 0 saturated heterocycles. The Balaban J connectivity index is 1.67. The second-order valence-electron chi connectivity index (χ2n) is 6.83. The molecule has 1 atom stereocenters. The van der Waals surface area contributed by atoms with Crippen molar-refractivity contribution in [2.45, 2.75) is 33.1 Å². The second kappa shape index (κ2) is 9.04. The topological polar surface area (TPSA) is 121 Å². The summed E-state index contributed by atoms with van der Waals surface area (Å²) in [5.41, 5.74) is 6.97. The van der Waals surface area contributed by atoms with Gasteiger partial charge in [0.2, 0.25) is 5.88 Å². The van der Waals surface area contributed by atoms with Gasteiger partial charge in [0.05, 0.1) is 12.2 Å². The standard InChI is InChI=1S/C20H23N3O5S/c1-3-27-18-13(5-4-8-22-18)20(26)28-10-15(24)23-19-16(17(21)25)12-7-6-11(2)9-14(12)29-19/h4-5,8,11H,3,6-7,9-10H2,1-2H3,(H2,21,25)(H,23,24). The Labute approximate surface area is 172 Å². The largest absolute Gasteiger partial charge is 0.477 e. The van der Waals surface area contributed by atoms with Gasteiger partial charge in [0.15, 0.2) is 6.61 Å². The highest BCUT2D eigenvalue weighted by molar-refractivity contribution is 7.17. The number of pyridine rings is 1. The Bertz CT molecular complexity index is 940. The van der Waals surface area contributed by atoms with Gasteiger partial charge in [0, 0.05) is 11.1 Å². The van der Waals surface area contributed by atoms with Crippen LogP contribution in [-0.4, -0.2) is 36.0 Å². The number of anilines is 1. The number of primary amides is 1. The third kappa shape index (κ3) is 4.73. The fraction of sp³-hybridized carbons (Fsp3) is 0.400. The molecule has 2 aromatic rings. The number of nitrogens with zero attached hydrogens (tertiary/aromatic N) is 1. The molecule has 1 aliphatic carbocycles. The molecule has 8 nitrogen and oxygen atoms in total. The van der Waals surface area contributed by atoms with Gasteiger partial charge in [-0.3, -0.25) is 9.59 Å². The van der Waals surface area contributed by atoms with Crippen molar-refractivity contribution < 1.29 is 23.9 Å². The maximum Gasteiger partial charge on any atom is 0.344 e. The van der Waals surface area contributed by atoms with Gasteiger partial charge in [-0.05, 0) is 49.8 Å². The molecule has 3 rings (SSSR count). The zero-order valence-electron chi connectivity index (χ0n) is 16.3. The van der Waals surface area contributed by atoms with E-state index in [4.69, 9.17) is 15.2 Å². The number of esters is 1. The molecule has 154 valence electrons. The van der Waals surface area contributed by atoms with Gasteiger partial charge in [-0.25, -0.2) is 9.78 Å². The number of thiophene rings is 1. The first-order chi connectivity index (χ1) is 13.9. The van der Waals surface area contributed by atoms with Crippen LogP contribution >= 0.6 is 11.3 Å². The number of fused-ring (bicyclic) bond motifs is 1. The third-order valence-electron chi connectivity index (χ3n) is 4.62. The van der Waals surface area contributed by atoms with Gasteiger partial charge in [0.1, 0.15) is 10.6 Å². The quantitative estimate of drug-likeness (QED) is 0.668. The Morgan fingerprint density at radius 2 is 2.17 bits per heavy atom. The van der Waals surface area contributed by atoms with Gasteiger partial charge < -0.3 is 20.5 Å². The minimum Gasteiger partial charge on any atom is -0.477 e. The number of carbonyl (C=O) groups excluding carboxylic acids is 3. The van der Waals surface area contributed by atoms with Crippen molar-refractivity contribution in [1.29, 1.82) is 0 Å². The Hall–Kier alpha value is -2.94. The van der Waals surface area contributed by atoms with Crippen molar-refractivity contribution in [3.8, 4) is 5.88 Å². The number of hydrogen-bond acceptors (Lipinski definition) is 7. The molecule has 1 aliphatic rings. The molecule has 0 spiro atoms. The van der Waals surface area contributed by atoms with E-state index in [0.717, 1.165) is 29.7 Å². The lowest BCUT2D eigenvalue weighted by Crippen LogP contribution is -2.23. The molecule has 0 bridgehead atoms. The number of amides is 2. The molecular formula is C20H23N3O5S. The number of nitrogens with two attached hydrogens (primary N) is 1. The van der Waals surface area contributed by atoms with Crippen molar-refractivity contribution in [2.75, 3.05) is 18.5 Å². The fourth-order valence-corrected chi connectivity index (χ4v) is 4.70. The molecule has 2 heterocycles. The van der Waals surface area contributed by atoms with Crippen LogP contribution in [0.2, 0.25) is 0 Å². The lowest BCUT2D eigenvalue weighted by atomic mass is 9.88. The molecule has 0 saturated carbocycles. The Morgan fingerprint density at radius 3 is 2.90 bits per heavy atom. The average Bonchev–Trinajstić information content (AvgIpc) is 3.03. The number of carbonyl (C=O) groups is 3. The summed E-state index contributed by atoms with van der Waals surface area (Å²) in [4.78, 5) is 41.6. The van der Waals surface area contributed by atoms with E-state index < -0.39 is 24.4 Å². The van der Waals surface area contributed by atoms with E-state index in [1.54, 1.807) is 13.0 Å². The van der Waals surface area contributed by atoms with E-state index in [0.29, 0.717) is 23.1 Å². The number of ether oxygens (including phenoxy) is 2. The fourth-order valence-electron chi connectivity index (χ4n) is 3.27. The summed E-state index contributed by atoms with van der Waals surface area (Å²) in [6.45, 7) is 3.76. The average molecular weight is 417 g/mol. The first-order valence-electron chi connectivity index (χ1n) is 9.39. The van der Waals surface area contributed by atoms with E-state index in [2.05, 4.69) is 17.2 Å². The molecule has 2 amide bonds. The monoisotopic (exact) mass is 417 g/mol. The summed E-state index contributed by atoms with van der Waals surface area (Å²) in [5.74, 6) is -1.16. The summed E-state index contributed by atoms with van der Waals surface area (Å²) in [7, 11) is 0. The van der Waals surface area contributed by atoms with E-state index in [-0.39, 0.29) is 11.4 Å². The van der Waals surface area contributed by atoms with Crippen molar-refractivity contribution in [3.63, 3.8) is 0 Å². The summed E-state index contributed by atoms with van der Waals surface area (Å²) in [6, 6.07) is 3.09. The van der Waals surface area contributed by atoms with Crippen LogP contribution in [0.15, 0.2) is 18.3 Å². The number of rotatable bonds is 7. The van der Waals surface area contributed by atoms with Crippen LogP contribution < -0.4 is 15.8 Å². The molecule has 0 fully saturated rings. The van der Waals surface area contributed by atoms with E-state index >= 15 is 0 Å². The van der Waals surface area contributed by atoms with Crippen LogP contribution in [0.5, 0.6) is 5.88 Å². The molecule has 1 unspecified atom stereocenters. The molecule has 0 aliphatic heterocycles. The predicted molar refractivity (Wildman–Crippen MR) is 108 cm³/mol. The number of hydrogen-bond donors (Lipinski definition) is 2. The lowest BCUT2D eigenvalue weighted by molar-refractivity contribution is -0.119. The van der Waals surface area contributed by atoms with Gasteiger partial charge >= 0.3 is 5.97 Å². The van der Waals surface area contributed by atoms with E-state index in [1.807, 2.05) is 0 Å². The highest BCUT2D eigenvalue weighted by Gasteiger charge is 2.27. The van der Waals surface area contributed by atoms with Gasteiger partial charge in [-0.1, -0.05) is 6.92 Å². The lowest BCUT2D eigenvalue weighted by Gasteiger charge is -2.18. The molecule has 0 aromatic carbocycles. The van der Waals surface area contributed by atoms with Crippen LogP contribution in [0.3, 0.4) is 0 Å². The van der Waals surface area contributed by atoms with Gasteiger partial charge in [-0.2, -0.15) is 0 Å². The van der Waals surface area contributed by atoms with Crippen LogP contribution in [0.4, 0.5) is 5.00 Å². The molecule has 29 heavy (non-hydrogen) atoms. The molecular weight excluding hydrogens is 394 g/mol. The summed E-state index contributed by atoms with van der Waals surface area (Å²) < 4.78 is 10.4. The molecule has 9 heteroatoms. The van der Waals surface area contributed by atoms with Gasteiger partial charge in [0.25, 0.3) is 11.8 Å². The van der Waals surface area contributed by atoms with Crippen LogP contribution in [-0.2, 0) is 22.4 Å². The summed E-state index contributed by atoms with van der Waals surface area (Å²) in [5, 5.41) is 3.08. The maximum atomic E-state index is 12.3. The molecule has 2 aromatic heterocycles. The minimum atomic E-state index is -0.717. The van der Waals surface area contributed by atoms with Crippen molar-refractivity contribution in [3.05, 3.63) is 39.9 Å². The van der Waals surface area contributed by atoms with Crippen LogP contribution in [0.1, 0.15) is 51.4 Å². The molecule has 0 radical (unpaired) electrons. The Kier molecular flexibility index (Phi) is 6.48. The first kappa shape index (κ1) is 20.8. The third-order valence-corrected chi connectivity index (χ3v) is 5.79. The number of aromatic nitrogens is 1. The zero-order valence-corrected chi connectivity index (χ0v) is 17.1. The molecule has 3 N–H and O–H groups in total. The highest BCUT2D eigenvalue weighted by atomic mass is 32.1. The maximum absolute atomic E-state index is 12.3. The van der Waals surface area contributed by atoms with Crippen LogP contribution in [0.25, 0.3) is 0 Å². The van der Waals surface area contributed by atoms with Crippen molar-refractivity contribution in [2.24, 2.45) is 11.7 Å². The first-order valence-corrected chi connectivity index (χ1v) is 10.2. The smallest absolute Gasteiger partial charge is 0.344 e. The zero-order chi connectivity index (χ0) is 21.0. The number of nitrogens with one attached hydrogen (secondary N) is 1. The highest BCUT2D eigenvalue weighted by Crippen LogP contribution is 2.39. The summed E-state index contributed by atoms with van der Waals surface area (Å²) in [6.07, 6.45) is 4.09.